The van der Waals surface area contributed by atoms with E-state index in [-0.39, 0.29) is 5.91 Å². The van der Waals surface area contributed by atoms with Crippen LogP contribution < -0.4 is 0 Å². The minimum Gasteiger partial charge on any atom is -0.358 e. The number of nitrogens with one attached hydrogen (secondary N) is 1. The number of hydrogen-bond acceptors (Lipinski definition) is 2. The quantitative estimate of drug-likeness (QED) is 0.878. The van der Waals surface area contributed by atoms with Crippen LogP contribution in [0.25, 0.3) is 10.9 Å². The topological polar surface area (TPSA) is 39.3 Å². The Morgan fingerprint density at radius 1 is 1.09 bits per heavy atom. The monoisotopic (exact) mass is 297 g/mol. The third-order valence-corrected chi connectivity index (χ3v) is 5.12. The van der Waals surface area contributed by atoms with Crippen molar-refractivity contribution in [3.05, 3.63) is 35.0 Å². The second kappa shape index (κ2) is 5.43. The Morgan fingerprint density at radius 2 is 2.00 bits per heavy atom. The van der Waals surface area contributed by atoms with Crippen molar-refractivity contribution in [2.75, 3.05) is 33.2 Å². The van der Waals surface area contributed by atoms with Gasteiger partial charge in [0.25, 0.3) is 5.91 Å². The van der Waals surface area contributed by atoms with Crippen molar-refractivity contribution < 1.29 is 4.79 Å². The van der Waals surface area contributed by atoms with Crippen molar-refractivity contribution in [2.45, 2.75) is 25.7 Å². The summed E-state index contributed by atoms with van der Waals surface area (Å²) in [7, 11) is 2.13. The molecule has 0 unspecified atom stereocenters. The number of benzene rings is 1. The fourth-order valence-corrected chi connectivity index (χ4v) is 3.87. The molecule has 1 amide bonds. The highest BCUT2D eigenvalue weighted by Gasteiger charge is 2.24. The number of aryl methyl sites for hydroxylation is 2. The van der Waals surface area contributed by atoms with Crippen LogP contribution in [0.5, 0.6) is 0 Å². The molecule has 4 rings (SSSR count). The first kappa shape index (κ1) is 13.8. The molecule has 2 aliphatic rings. The molecule has 2 heterocycles. The van der Waals surface area contributed by atoms with E-state index in [1.807, 2.05) is 17.0 Å². The number of aromatic amines is 1. The summed E-state index contributed by atoms with van der Waals surface area (Å²) in [6.07, 6.45) is 4.54. The molecule has 4 nitrogen and oxygen atoms in total. The molecule has 116 valence electrons. The van der Waals surface area contributed by atoms with E-state index >= 15 is 0 Å². The maximum Gasteiger partial charge on any atom is 0.256 e. The maximum absolute atomic E-state index is 13.0. The van der Waals surface area contributed by atoms with Gasteiger partial charge in [-0.3, -0.25) is 4.79 Å². The lowest BCUT2D eigenvalue weighted by Crippen LogP contribution is -2.34. The van der Waals surface area contributed by atoms with Gasteiger partial charge in [0.2, 0.25) is 0 Å². The van der Waals surface area contributed by atoms with Crippen molar-refractivity contribution in [1.82, 2.24) is 14.8 Å². The molecule has 22 heavy (non-hydrogen) atoms. The van der Waals surface area contributed by atoms with E-state index in [1.54, 1.807) is 0 Å². The van der Waals surface area contributed by atoms with Gasteiger partial charge >= 0.3 is 0 Å². The summed E-state index contributed by atoms with van der Waals surface area (Å²) >= 11 is 0. The zero-order chi connectivity index (χ0) is 15.1. The summed E-state index contributed by atoms with van der Waals surface area (Å²) in [6, 6.07) is 6.17. The van der Waals surface area contributed by atoms with Gasteiger partial charge in [-0.05, 0) is 50.9 Å². The predicted molar refractivity (Wildman–Crippen MR) is 88.3 cm³/mol. The highest BCUT2D eigenvalue weighted by Crippen LogP contribution is 2.32. The zero-order valence-corrected chi connectivity index (χ0v) is 13.2. The Bertz CT molecular complexity index is 718. The van der Waals surface area contributed by atoms with Crippen LogP contribution in [0.3, 0.4) is 0 Å². The molecule has 1 aromatic heterocycles. The number of rotatable bonds is 1. The Kier molecular flexibility index (Phi) is 3.41. The number of fused-ring (bicyclic) bond motifs is 3. The van der Waals surface area contributed by atoms with Gasteiger partial charge in [-0.25, -0.2) is 0 Å². The van der Waals surface area contributed by atoms with Crippen LogP contribution in [-0.2, 0) is 12.8 Å². The third kappa shape index (κ3) is 2.22. The Morgan fingerprint density at radius 3 is 2.91 bits per heavy atom. The van der Waals surface area contributed by atoms with Gasteiger partial charge in [0.15, 0.2) is 0 Å². The van der Waals surface area contributed by atoms with E-state index in [1.165, 1.54) is 23.1 Å². The molecule has 0 atom stereocenters. The van der Waals surface area contributed by atoms with Crippen molar-refractivity contribution in [3.63, 3.8) is 0 Å². The lowest BCUT2D eigenvalue weighted by molar-refractivity contribution is 0.0764. The molecule has 1 N–H and O–H groups in total. The number of para-hydroxylation sites is 1. The fourth-order valence-electron chi connectivity index (χ4n) is 3.87. The number of amides is 1. The Labute approximate surface area is 131 Å². The van der Waals surface area contributed by atoms with Gasteiger partial charge in [0.05, 0.1) is 11.1 Å². The average Bonchev–Trinajstić information content (AvgIpc) is 3.03. The van der Waals surface area contributed by atoms with Crippen molar-refractivity contribution in [3.8, 4) is 0 Å². The highest BCUT2D eigenvalue weighted by atomic mass is 16.2. The Balaban J connectivity index is 1.70. The third-order valence-electron chi connectivity index (χ3n) is 5.12. The van der Waals surface area contributed by atoms with Gasteiger partial charge < -0.3 is 14.8 Å². The second-order valence-electron chi connectivity index (χ2n) is 6.61. The van der Waals surface area contributed by atoms with Crippen molar-refractivity contribution in [1.29, 1.82) is 0 Å². The van der Waals surface area contributed by atoms with E-state index in [0.717, 1.165) is 56.5 Å². The van der Waals surface area contributed by atoms with E-state index in [2.05, 4.69) is 23.0 Å². The number of likely N-dealkylation sites (N-methyl/N-ethyl adjacent to an activating group) is 1. The summed E-state index contributed by atoms with van der Waals surface area (Å²) in [5.74, 6) is 0.181. The SMILES string of the molecule is CN1CCCN(C(=O)c2cccc3c4c([nH]c23)CCC4)CC1. The largest absolute Gasteiger partial charge is 0.358 e. The van der Waals surface area contributed by atoms with Gasteiger partial charge in [-0.2, -0.15) is 0 Å². The molecular formula is C18H23N3O. The second-order valence-corrected chi connectivity index (χ2v) is 6.61. The average molecular weight is 297 g/mol. The van der Waals surface area contributed by atoms with Crippen molar-refractivity contribution >= 4 is 16.8 Å². The minimum absolute atomic E-state index is 0.181. The summed E-state index contributed by atoms with van der Waals surface area (Å²) in [4.78, 5) is 20.8. The molecule has 1 fully saturated rings. The predicted octanol–water partition coefficient (Wildman–Crippen LogP) is 2.43. The lowest BCUT2D eigenvalue weighted by atomic mass is 10.1. The van der Waals surface area contributed by atoms with Crippen LogP contribution in [-0.4, -0.2) is 53.9 Å². The zero-order valence-electron chi connectivity index (χ0n) is 13.2. The normalized spacial score (nSPS) is 19.4. The smallest absolute Gasteiger partial charge is 0.256 e. The van der Waals surface area contributed by atoms with Crippen LogP contribution in [0.15, 0.2) is 18.2 Å². The van der Waals surface area contributed by atoms with Crippen LogP contribution in [0.2, 0.25) is 0 Å². The lowest BCUT2D eigenvalue weighted by Gasteiger charge is -2.21. The van der Waals surface area contributed by atoms with E-state index in [4.69, 9.17) is 0 Å². The summed E-state index contributed by atoms with van der Waals surface area (Å²) in [5.41, 5.74) is 4.66. The van der Waals surface area contributed by atoms with E-state index < -0.39 is 0 Å². The molecule has 1 saturated heterocycles. The molecule has 2 aromatic rings. The maximum atomic E-state index is 13.0. The molecule has 0 bridgehead atoms. The summed E-state index contributed by atoms with van der Waals surface area (Å²) in [5, 5.41) is 1.25. The molecular weight excluding hydrogens is 274 g/mol. The van der Waals surface area contributed by atoms with Crippen LogP contribution >= 0.6 is 0 Å². The van der Waals surface area contributed by atoms with Crippen LogP contribution in [0, 0.1) is 0 Å². The first-order chi connectivity index (χ1) is 10.7. The highest BCUT2D eigenvalue weighted by molar-refractivity contribution is 6.06. The first-order valence-corrected chi connectivity index (χ1v) is 8.34. The van der Waals surface area contributed by atoms with Crippen LogP contribution in [0.4, 0.5) is 0 Å². The number of H-pyrrole nitrogens is 1. The van der Waals surface area contributed by atoms with Gasteiger partial charge in [0, 0.05) is 30.7 Å². The van der Waals surface area contributed by atoms with Crippen LogP contribution in [0.1, 0.15) is 34.5 Å². The first-order valence-electron chi connectivity index (χ1n) is 8.34. The van der Waals surface area contributed by atoms with Crippen molar-refractivity contribution in [2.24, 2.45) is 0 Å². The summed E-state index contributed by atoms with van der Waals surface area (Å²) in [6.45, 7) is 3.72. The van der Waals surface area contributed by atoms with Gasteiger partial charge in [-0.15, -0.1) is 0 Å². The molecule has 1 aliphatic carbocycles. The number of nitrogens with zero attached hydrogens (tertiary/aromatic N) is 2. The van der Waals surface area contributed by atoms with E-state index in [0.29, 0.717) is 0 Å². The summed E-state index contributed by atoms with van der Waals surface area (Å²) < 4.78 is 0. The fraction of sp³-hybridized carbons (Fsp3) is 0.500. The molecule has 4 heteroatoms. The number of hydrogen-bond donors (Lipinski definition) is 1. The molecule has 0 saturated carbocycles. The molecule has 1 aromatic carbocycles. The number of carbonyl (C=O) groups is 1. The molecule has 0 spiro atoms. The van der Waals surface area contributed by atoms with E-state index in [9.17, 15) is 4.79 Å². The molecule has 0 radical (unpaired) electrons. The van der Waals surface area contributed by atoms with Gasteiger partial charge in [-0.1, -0.05) is 12.1 Å². The Hall–Kier alpha value is -1.81. The van der Waals surface area contributed by atoms with Gasteiger partial charge in [0.1, 0.15) is 0 Å². The standard InChI is InChI=1S/C18H23N3O/c1-20-9-4-10-21(12-11-20)18(22)15-7-2-6-14-13-5-3-8-16(13)19-17(14)15/h2,6-7,19H,3-5,8-12H2,1H3. The number of carbonyl (C=O) groups excluding carboxylic acids is 1. The number of aromatic nitrogens is 1. The minimum atomic E-state index is 0.181. The molecule has 1 aliphatic heterocycles.